The molecule has 0 saturated carbocycles. The van der Waals surface area contributed by atoms with Crippen molar-refractivity contribution in [1.29, 1.82) is 0 Å². The van der Waals surface area contributed by atoms with E-state index in [1.807, 2.05) is 0 Å². The zero-order valence-electron chi connectivity index (χ0n) is 34.5. The second-order valence-electron chi connectivity index (χ2n) is 14.7. The van der Waals surface area contributed by atoms with Crippen LogP contribution in [-0.4, -0.2) is 107 Å². The third kappa shape index (κ3) is 18.6. The average molecular weight is 830 g/mol. The maximum atomic E-state index is 13.6. The van der Waals surface area contributed by atoms with Crippen molar-refractivity contribution >= 4 is 59.1 Å². The molecule has 0 aliphatic heterocycles. The van der Waals surface area contributed by atoms with Gasteiger partial charge in [0.1, 0.15) is 36.3 Å². The summed E-state index contributed by atoms with van der Waals surface area (Å²) in [6, 6.07) is 1.37. The summed E-state index contributed by atoms with van der Waals surface area (Å²) in [7, 11) is 0. The minimum atomic E-state index is -1.42. The van der Waals surface area contributed by atoms with Crippen molar-refractivity contribution in [3.63, 3.8) is 0 Å². The predicted octanol–water partition coefficient (Wildman–Crippen LogP) is -1.98. The summed E-state index contributed by atoms with van der Waals surface area (Å²) in [5.74, 6) is -9.81. The van der Waals surface area contributed by atoms with Crippen LogP contribution in [0.25, 0.3) is 0 Å². The van der Waals surface area contributed by atoms with Crippen LogP contribution in [0, 0.1) is 17.8 Å². The molecule has 0 saturated heterocycles. The monoisotopic (exact) mass is 829 g/mol. The normalized spacial score (nSPS) is 14.7. The van der Waals surface area contributed by atoms with E-state index in [1.165, 1.54) is 6.92 Å². The molecule has 0 unspecified atom stereocenters. The van der Waals surface area contributed by atoms with Crippen LogP contribution in [0.4, 0.5) is 0 Å². The van der Waals surface area contributed by atoms with Crippen LogP contribution in [-0.2, 0) is 54.4 Å². The fourth-order valence-electron chi connectivity index (χ4n) is 5.41. The maximum absolute atomic E-state index is 13.6. The number of carboxylic acid groups (broad SMARTS) is 1. The van der Waals surface area contributed by atoms with Crippen LogP contribution in [0.3, 0.4) is 0 Å². The number of carboxylic acids is 1. The van der Waals surface area contributed by atoms with Gasteiger partial charge >= 0.3 is 5.97 Å². The lowest BCUT2D eigenvalue weighted by Crippen LogP contribution is -2.61. The van der Waals surface area contributed by atoms with Crippen molar-refractivity contribution in [2.75, 3.05) is 6.54 Å². The Morgan fingerprint density at radius 3 is 1.68 bits per heavy atom. The number of rotatable bonds is 25. The summed E-state index contributed by atoms with van der Waals surface area (Å²) in [6.07, 6.45) is 1.31. The van der Waals surface area contributed by atoms with Crippen molar-refractivity contribution in [2.45, 2.75) is 110 Å². The van der Waals surface area contributed by atoms with E-state index in [-0.39, 0.29) is 25.2 Å². The Hall–Kier alpha value is -6.34. The summed E-state index contributed by atoms with van der Waals surface area (Å²) in [4.78, 5) is 126. The minimum absolute atomic E-state index is 0.00942. The molecule has 0 aliphatic rings. The smallest absolute Gasteiger partial charge is 0.326 e. The Labute approximate surface area is 343 Å². The van der Waals surface area contributed by atoms with Crippen LogP contribution in [0.2, 0.25) is 0 Å². The molecule has 0 aromatic heterocycles. The van der Waals surface area contributed by atoms with Gasteiger partial charge in [0.05, 0.1) is 6.54 Å². The number of nitrogens with one attached hydrogen (secondary N) is 7. The van der Waals surface area contributed by atoms with Gasteiger partial charge in [-0.2, -0.15) is 0 Å². The number of nitrogens with two attached hydrogens (primary N) is 2. The van der Waals surface area contributed by atoms with Gasteiger partial charge in [-0.15, -0.1) is 0 Å². The number of hydrogen-bond acceptors (Lipinski definition) is 10. The molecular formula is C39H59N9O11. The van der Waals surface area contributed by atoms with Gasteiger partial charge in [0.15, 0.2) is 0 Å². The summed E-state index contributed by atoms with van der Waals surface area (Å²) < 4.78 is 0. The van der Waals surface area contributed by atoms with E-state index in [0.717, 1.165) is 12.2 Å². The first-order valence-corrected chi connectivity index (χ1v) is 19.2. The number of primary amides is 2. The predicted molar refractivity (Wildman–Crippen MR) is 214 cm³/mol. The highest BCUT2D eigenvalue weighted by Crippen LogP contribution is 2.12. The first-order valence-electron chi connectivity index (χ1n) is 19.2. The highest BCUT2D eigenvalue weighted by molar-refractivity contribution is 6.01. The fraction of sp³-hybridized carbons (Fsp3) is 0.538. The van der Waals surface area contributed by atoms with Crippen LogP contribution in [0.5, 0.6) is 0 Å². The van der Waals surface area contributed by atoms with E-state index < -0.39 is 114 Å². The van der Waals surface area contributed by atoms with Gasteiger partial charge in [-0.25, -0.2) is 4.79 Å². The largest absolute Gasteiger partial charge is 0.480 e. The van der Waals surface area contributed by atoms with E-state index in [1.54, 1.807) is 71.9 Å². The average Bonchev–Trinajstić information content (AvgIpc) is 3.16. The molecule has 7 atom stereocenters. The van der Waals surface area contributed by atoms with Crippen LogP contribution < -0.4 is 48.7 Å². The zero-order chi connectivity index (χ0) is 45.0. The topological polar surface area (TPSA) is 327 Å². The van der Waals surface area contributed by atoms with Crippen LogP contribution >= 0.6 is 0 Å². The van der Waals surface area contributed by atoms with Gasteiger partial charge < -0.3 is 53.8 Å². The molecule has 0 spiro atoms. The van der Waals surface area contributed by atoms with Crippen molar-refractivity contribution < 1.29 is 53.1 Å². The second-order valence-corrected chi connectivity index (χ2v) is 14.7. The van der Waals surface area contributed by atoms with Gasteiger partial charge in [-0.3, -0.25) is 43.2 Å². The number of aliphatic carboxylic acids is 1. The van der Waals surface area contributed by atoms with Crippen molar-refractivity contribution in [3.8, 4) is 0 Å². The van der Waals surface area contributed by atoms with Gasteiger partial charge in [-0.05, 0) is 36.7 Å². The van der Waals surface area contributed by atoms with E-state index in [9.17, 15) is 53.1 Å². The number of benzene rings is 1. The highest BCUT2D eigenvalue weighted by Gasteiger charge is 2.35. The molecule has 0 bridgehead atoms. The standard InChI is InChI=1S/C39H59N9O11/c1-8-22(6)33(38(57)47-32(21(4)5)37(56)46-31(20(2)3)34(41)53)48-36(55)25(14-15-27(40)49)44-29(51)17-16-28(50)43-23(7)35(54)42-19-30(52)45-26(39(58)59)18-24-12-10-9-11-13-24/h9-13,16-17,20-23,25-26,31-33H,8,14-15,18-19H2,1-7H3,(H2,40,49)(H2,41,53)(H,42,54)(H,43,50)(H,44,51)(H,45,52)(H,46,56)(H,47,57)(H,48,55)(H,58,59)/b17-16+/t22-,23-,25-,26-,31-,32-,33-/m0/s1. The lowest BCUT2D eigenvalue weighted by Gasteiger charge is -2.30. The van der Waals surface area contributed by atoms with Gasteiger partial charge in [0, 0.05) is 25.0 Å². The molecule has 20 nitrogen and oxygen atoms in total. The Bertz CT molecular complexity index is 1700. The van der Waals surface area contributed by atoms with E-state index >= 15 is 0 Å². The Morgan fingerprint density at radius 2 is 1.17 bits per heavy atom. The molecule has 20 heteroatoms. The summed E-state index contributed by atoms with van der Waals surface area (Å²) in [5.41, 5.74) is 11.4. The Balaban J connectivity index is 2.93. The molecule has 0 radical (unpaired) electrons. The molecule has 1 aromatic carbocycles. The Morgan fingerprint density at radius 1 is 0.644 bits per heavy atom. The van der Waals surface area contributed by atoms with Crippen LogP contribution in [0.1, 0.15) is 73.3 Å². The van der Waals surface area contributed by atoms with Crippen molar-refractivity contribution in [2.24, 2.45) is 29.2 Å². The third-order valence-corrected chi connectivity index (χ3v) is 9.10. The SMILES string of the molecule is CC[C@H](C)[C@H](NC(=O)[C@H](CCC(N)=O)NC(=O)/C=C/C(=O)N[C@@H](C)C(=O)NCC(=O)N[C@@H](Cc1ccccc1)C(=O)O)C(=O)N[C@H](C(=O)N[C@H](C(N)=O)C(C)C)C(C)C. The molecule has 1 aromatic rings. The molecule has 12 N–H and O–H groups in total. The van der Waals surface area contributed by atoms with E-state index in [2.05, 4.69) is 37.2 Å². The maximum Gasteiger partial charge on any atom is 0.326 e. The molecular weight excluding hydrogens is 770 g/mol. The van der Waals surface area contributed by atoms with Gasteiger partial charge in [-0.1, -0.05) is 78.3 Å². The first kappa shape index (κ1) is 50.7. The van der Waals surface area contributed by atoms with Gasteiger partial charge in [0.25, 0.3) is 0 Å². The molecule has 326 valence electrons. The van der Waals surface area contributed by atoms with Crippen molar-refractivity contribution in [1.82, 2.24) is 37.2 Å². The third-order valence-electron chi connectivity index (χ3n) is 9.10. The fourth-order valence-corrected chi connectivity index (χ4v) is 5.41. The summed E-state index contributed by atoms with van der Waals surface area (Å²) in [5, 5.41) is 26.5. The van der Waals surface area contributed by atoms with Crippen molar-refractivity contribution in [3.05, 3.63) is 48.0 Å². The zero-order valence-corrected chi connectivity index (χ0v) is 34.5. The van der Waals surface area contributed by atoms with E-state index in [4.69, 9.17) is 11.5 Å². The Kier molecular flexibility index (Phi) is 21.6. The quantitative estimate of drug-likeness (QED) is 0.0482. The van der Waals surface area contributed by atoms with E-state index in [0.29, 0.717) is 12.0 Å². The molecule has 9 amide bonds. The lowest BCUT2D eigenvalue weighted by molar-refractivity contribution is -0.141. The molecule has 59 heavy (non-hydrogen) atoms. The number of carbonyl (C=O) groups is 10. The highest BCUT2D eigenvalue weighted by atomic mass is 16.4. The minimum Gasteiger partial charge on any atom is -0.480 e. The molecule has 0 heterocycles. The van der Waals surface area contributed by atoms with Crippen LogP contribution in [0.15, 0.2) is 42.5 Å². The number of hydrogen-bond donors (Lipinski definition) is 10. The first-order chi connectivity index (χ1) is 27.6. The summed E-state index contributed by atoms with van der Waals surface area (Å²) >= 11 is 0. The molecule has 0 aliphatic carbocycles. The lowest BCUT2D eigenvalue weighted by atomic mass is 9.95. The molecule has 0 fully saturated rings. The summed E-state index contributed by atoms with van der Waals surface area (Å²) in [6.45, 7) is 10.9. The number of amides is 9. The van der Waals surface area contributed by atoms with Gasteiger partial charge in [0.2, 0.25) is 53.2 Å². The molecule has 1 rings (SSSR count). The number of carbonyl (C=O) groups excluding carboxylic acids is 9. The second kappa shape index (κ2) is 25.1.